The van der Waals surface area contributed by atoms with Gasteiger partial charge >= 0.3 is 0 Å². The average Bonchev–Trinajstić information content (AvgIpc) is 2.56. The molecule has 2 N–H and O–H groups in total. The summed E-state index contributed by atoms with van der Waals surface area (Å²) in [7, 11) is 0. The maximum absolute atomic E-state index is 11.6. The molecule has 1 saturated heterocycles. The smallest absolute Gasteiger partial charge is 0.221 e. The highest BCUT2D eigenvalue weighted by molar-refractivity contribution is 5.76. The van der Waals surface area contributed by atoms with Crippen LogP contribution >= 0.6 is 0 Å². The second kappa shape index (κ2) is 5.35. The van der Waals surface area contributed by atoms with Gasteiger partial charge in [0.05, 0.1) is 0 Å². The molecule has 1 aliphatic rings. The van der Waals surface area contributed by atoms with E-state index in [1.54, 1.807) is 0 Å². The maximum Gasteiger partial charge on any atom is 0.221 e. The Morgan fingerprint density at radius 1 is 1.50 bits per heavy atom. The normalized spacial score (nSPS) is 23.9. The van der Waals surface area contributed by atoms with E-state index < -0.39 is 0 Å². The minimum atomic E-state index is 0.186. The second-order valence-electron chi connectivity index (χ2n) is 4.60. The molecule has 0 aliphatic carbocycles. The molecule has 2 unspecified atom stereocenters. The lowest BCUT2D eigenvalue weighted by Crippen LogP contribution is -2.39. The molecule has 2 atom stereocenters. The summed E-state index contributed by atoms with van der Waals surface area (Å²) in [5.41, 5.74) is 0. The highest BCUT2D eigenvalue weighted by Gasteiger charge is 2.19. The number of nitrogens with one attached hydrogen (secondary N) is 2. The van der Waals surface area contributed by atoms with Crippen LogP contribution in [0.4, 0.5) is 0 Å². The van der Waals surface area contributed by atoms with Crippen molar-refractivity contribution in [3.8, 4) is 0 Å². The van der Waals surface area contributed by atoms with E-state index in [1.165, 1.54) is 6.42 Å². The van der Waals surface area contributed by atoms with Gasteiger partial charge < -0.3 is 10.6 Å². The van der Waals surface area contributed by atoms with Gasteiger partial charge in [-0.1, -0.05) is 13.8 Å². The van der Waals surface area contributed by atoms with E-state index >= 15 is 0 Å². The van der Waals surface area contributed by atoms with E-state index in [0.717, 1.165) is 13.0 Å². The molecule has 0 radical (unpaired) electrons. The largest absolute Gasteiger partial charge is 0.353 e. The van der Waals surface area contributed by atoms with Crippen molar-refractivity contribution in [2.45, 2.75) is 52.1 Å². The van der Waals surface area contributed by atoms with Crippen LogP contribution < -0.4 is 10.6 Å². The van der Waals surface area contributed by atoms with Gasteiger partial charge in [0, 0.05) is 18.5 Å². The first-order valence-electron chi connectivity index (χ1n) is 5.62. The molecule has 82 valence electrons. The summed E-state index contributed by atoms with van der Waals surface area (Å²) >= 11 is 0. The van der Waals surface area contributed by atoms with Gasteiger partial charge in [0.2, 0.25) is 5.91 Å². The lowest BCUT2D eigenvalue weighted by molar-refractivity contribution is -0.122. The molecule has 1 amide bonds. The third-order valence-electron chi connectivity index (χ3n) is 2.98. The molecule has 1 aliphatic heterocycles. The monoisotopic (exact) mass is 198 g/mol. The SMILES string of the molecule is CC(C)C(C)NC(=O)CC1CCCN1. The van der Waals surface area contributed by atoms with E-state index in [1.807, 2.05) is 0 Å². The molecule has 3 heteroatoms. The molecule has 14 heavy (non-hydrogen) atoms. The van der Waals surface area contributed by atoms with Crippen molar-refractivity contribution in [3.05, 3.63) is 0 Å². The number of hydrogen-bond acceptors (Lipinski definition) is 2. The number of carbonyl (C=O) groups excluding carboxylic acids is 1. The molecule has 0 bridgehead atoms. The van der Waals surface area contributed by atoms with Gasteiger partial charge in [-0.2, -0.15) is 0 Å². The van der Waals surface area contributed by atoms with Crippen LogP contribution in [0.1, 0.15) is 40.0 Å². The number of rotatable bonds is 4. The van der Waals surface area contributed by atoms with Crippen LogP contribution in [0.2, 0.25) is 0 Å². The van der Waals surface area contributed by atoms with Gasteiger partial charge in [-0.15, -0.1) is 0 Å². The molecule has 0 aromatic rings. The first-order chi connectivity index (χ1) is 6.59. The first kappa shape index (κ1) is 11.5. The Kier molecular flexibility index (Phi) is 4.39. The standard InChI is InChI=1S/C11H22N2O/c1-8(2)9(3)13-11(14)7-10-5-4-6-12-10/h8-10,12H,4-7H2,1-3H3,(H,13,14). The number of carbonyl (C=O) groups is 1. The van der Waals surface area contributed by atoms with Gasteiger partial charge in [-0.25, -0.2) is 0 Å². The average molecular weight is 198 g/mol. The summed E-state index contributed by atoms with van der Waals surface area (Å²) in [6, 6.07) is 0.693. The summed E-state index contributed by atoms with van der Waals surface area (Å²) in [6.45, 7) is 7.37. The predicted molar refractivity (Wildman–Crippen MR) is 58.1 cm³/mol. The Bertz CT molecular complexity index is 180. The fourth-order valence-corrected chi connectivity index (χ4v) is 1.63. The van der Waals surface area contributed by atoms with Gasteiger partial charge in [-0.05, 0) is 32.2 Å². The Morgan fingerprint density at radius 3 is 2.71 bits per heavy atom. The fourth-order valence-electron chi connectivity index (χ4n) is 1.63. The van der Waals surface area contributed by atoms with Crippen LogP contribution in [0.15, 0.2) is 0 Å². The highest BCUT2D eigenvalue weighted by Crippen LogP contribution is 2.09. The lowest BCUT2D eigenvalue weighted by Gasteiger charge is -2.18. The predicted octanol–water partition coefficient (Wildman–Crippen LogP) is 1.29. The molecule has 0 aromatic carbocycles. The molecule has 0 aromatic heterocycles. The minimum Gasteiger partial charge on any atom is -0.353 e. The molecular weight excluding hydrogens is 176 g/mol. The van der Waals surface area contributed by atoms with Crippen LogP contribution in [0.3, 0.4) is 0 Å². The van der Waals surface area contributed by atoms with Crippen molar-refractivity contribution in [1.29, 1.82) is 0 Å². The van der Waals surface area contributed by atoms with Crippen LogP contribution in [-0.2, 0) is 4.79 Å². The summed E-state index contributed by atoms with van der Waals surface area (Å²) in [5, 5.41) is 6.36. The van der Waals surface area contributed by atoms with Crippen LogP contribution in [0, 0.1) is 5.92 Å². The topological polar surface area (TPSA) is 41.1 Å². The molecule has 0 spiro atoms. The van der Waals surface area contributed by atoms with E-state index in [-0.39, 0.29) is 11.9 Å². The third kappa shape index (κ3) is 3.66. The van der Waals surface area contributed by atoms with Crippen LogP contribution in [0.5, 0.6) is 0 Å². The summed E-state index contributed by atoms with van der Waals surface area (Å²) < 4.78 is 0. The van der Waals surface area contributed by atoms with Gasteiger partial charge in [-0.3, -0.25) is 4.79 Å². The van der Waals surface area contributed by atoms with Crippen molar-refractivity contribution >= 4 is 5.91 Å². The number of hydrogen-bond donors (Lipinski definition) is 2. The van der Waals surface area contributed by atoms with Crippen molar-refractivity contribution in [3.63, 3.8) is 0 Å². The molecule has 1 fully saturated rings. The Labute approximate surface area is 86.6 Å². The van der Waals surface area contributed by atoms with Gasteiger partial charge in [0.15, 0.2) is 0 Å². The summed E-state index contributed by atoms with van der Waals surface area (Å²) in [6.07, 6.45) is 2.98. The van der Waals surface area contributed by atoms with E-state index in [4.69, 9.17) is 0 Å². The quantitative estimate of drug-likeness (QED) is 0.714. The maximum atomic E-state index is 11.6. The van der Waals surface area contributed by atoms with Crippen molar-refractivity contribution in [2.24, 2.45) is 5.92 Å². The number of amides is 1. The zero-order valence-electron chi connectivity index (χ0n) is 9.47. The molecule has 1 heterocycles. The van der Waals surface area contributed by atoms with Crippen molar-refractivity contribution in [1.82, 2.24) is 10.6 Å². The Hall–Kier alpha value is -0.570. The van der Waals surface area contributed by atoms with Crippen molar-refractivity contribution < 1.29 is 4.79 Å². The molecule has 3 nitrogen and oxygen atoms in total. The third-order valence-corrected chi connectivity index (χ3v) is 2.98. The lowest BCUT2D eigenvalue weighted by atomic mass is 10.1. The fraction of sp³-hybridized carbons (Fsp3) is 0.909. The zero-order valence-corrected chi connectivity index (χ0v) is 9.47. The summed E-state index contributed by atoms with van der Waals surface area (Å²) in [4.78, 5) is 11.6. The molecule has 0 saturated carbocycles. The van der Waals surface area contributed by atoms with Gasteiger partial charge in [0.1, 0.15) is 0 Å². The second-order valence-corrected chi connectivity index (χ2v) is 4.60. The van der Waals surface area contributed by atoms with Crippen molar-refractivity contribution in [2.75, 3.05) is 6.54 Å². The van der Waals surface area contributed by atoms with Crippen LogP contribution in [-0.4, -0.2) is 24.5 Å². The van der Waals surface area contributed by atoms with E-state index in [2.05, 4.69) is 31.4 Å². The highest BCUT2D eigenvalue weighted by atomic mass is 16.1. The Morgan fingerprint density at radius 2 is 2.21 bits per heavy atom. The van der Waals surface area contributed by atoms with E-state index in [9.17, 15) is 4.79 Å². The minimum absolute atomic E-state index is 0.186. The Balaban J connectivity index is 2.21. The zero-order chi connectivity index (χ0) is 10.6. The molecular formula is C11H22N2O. The van der Waals surface area contributed by atoms with Gasteiger partial charge in [0.25, 0.3) is 0 Å². The van der Waals surface area contributed by atoms with E-state index in [0.29, 0.717) is 18.4 Å². The first-order valence-corrected chi connectivity index (χ1v) is 5.62. The molecule has 1 rings (SSSR count). The van der Waals surface area contributed by atoms with Crippen LogP contribution in [0.25, 0.3) is 0 Å². The summed E-state index contributed by atoms with van der Waals surface area (Å²) in [5.74, 6) is 0.695.